The highest BCUT2D eigenvalue weighted by Crippen LogP contribution is 2.37. The van der Waals surface area contributed by atoms with Gasteiger partial charge in [-0.25, -0.2) is 9.78 Å². The molecule has 0 saturated heterocycles. The van der Waals surface area contributed by atoms with E-state index in [1.807, 2.05) is 12.1 Å². The Morgan fingerprint density at radius 3 is 2.48 bits per heavy atom. The smallest absolute Gasteiger partial charge is 0.404 e. The van der Waals surface area contributed by atoms with Gasteiger partial charge in [0, 0.05) is 27.9 Å². The maximum atomic E-state index is 10.8. The van der Waals surface area contributed by atoms with E-state index in [4.69, 9.17) is 38.7 Å². The molecule has 1 aromatic carbocycles. The van der Waals surface area contributed by atoms with Crippen LogP contribution in [0.1, 0.15) is 38.2 Å². The minimum atomic E-state index is -0.776. The van der Waals surface area contributed by atoms with Crippen molar-refractivity contribution in [3.05, 3.63) is 39.8 Å². The Morgan fingerprint density at radius 1 is 1.32 bits per heavy atom. The first-order chi connectivity index (χ1) is 11.8. The van der Waals surface area contributed by atoms with Crippen molar-refractivity contribution >= 4 is 41.1 Å². The number of hydrogen-bond donors (Lipinski definition) is 1. The van der Waals surface area contributed by atoms with Crippen LogP contribution in [0.5, 0.6) is 0 Å². The zero-order valence-electron chi connectivity index (χ0n) is 14.4. The lowest BCUT2D eigenvalue weighted by molar-refractivity contribution is 0.157. The molecule has 0 saturated carbocycles. The summed E-state index contributed by atoms with van der Waals surface area (Å²) in [5.41, 5.74) is 6.02. The van der Waals surface area contributed by atoms with Crippen molar-refractivity contribution in [2.24, 2.45) is 5.73 Å². The van der Waals surface area contributed by atoms with E-state index in [-0.39, 0.29) is 12.5 Å². The number of halogens is 2. The lowest BCUT2D eigenvalue weighted by Crippen LogP contribution is -2.16. The van der Waals surface area contributed by atoms with Crippen molar-refractivity contribution in [1.29, 1.82) is 0 Å². The van der Waals surface area contributed by atoms with E-state index < -0.39 is 6.09 Å². The molecule has 2 N–H and O–H groups in total. The van der Waals surface area contributed by atoms with Gasteiger partial charge in [-0.3, -0.25) is 0 Å². The molecule has 0 aliphatic heterocycles. The Labute approximate surface area is 161 Å². The van der Waals surface area contributed by atoms with E-state index in [1.54, 1.807) is 17.8 Å². The van der Waals surface area contributed by atoms with Crippen LogP contribution in [0.15, 0.2) is 28.1 Å². The van der Waals surface area contributed by atoms with Crippen molar-refractivity contribution in [2.75, 3.05) is 6.61 Å². The zero-order chi connectivity index (χ0) is 18.6. The van der Waals surface area contributed by atoms with Crippen LogP contribution in [0.3, 0.4) is 0 Å². The molecule has 1 heterocycles. The molecule has 136 valence electrons. The Morgan fingerprint density at radius 2 is 1.96 bits per heavy atom. The number of carbonyl (C=O) groups is 1. The number of nitrogens with two attached hydrogens (primary N) is 1. The highest BCUT2D eigenvalue weighted by Gasteiger charge is 2.20. The molecule has 0 spiro atoms. The van der Waals surface area contributed by atoms with Crippen LogP contribution in [-0.4, -0.2) is 22.3 Å². The van der Waals surface area contributed by atoms with Gasteiger partial charge in [0.2, 0.25) is 0 Å². The summed E-state index contributed by atoms with van der Waals surface area (Å²) in [6.07, 6.45) is -0.269. The van der Waals surface area contributed by atoms with Gasteiger partial charge in [-0.15, -0.1) is 0 Å². The number of aromatic nitrogens is 2. The van der Waals surface area contributed by atoms with E-state index in [1.165, 1.54) is 0 Å². The molecule has 25 heavy (non-hydrogen) atoms. The van der Waals surface area contributed by atoms with Crippen LogP contribution in [0, 0.1) is 0 Å². The first-order valence-electron chi connectivity index (χ1n) is 7.97. The number of primary amides is 1. The number of imidazole rings is 1. The average molecular weight is 402 g/mol. The van der Waals surface area contributed by atoms with E-state index in [2.05, 4.69) is 25.3 Å². The third-order valence-corrected chi connectivity index (χ3v) is 5.04. The first-order valence-corrected chi connectivity index (χ1v) is 9.54. The topological polar surface area (TPSA) is 70.1 Å². The van der Waals surface area contributed by atoms with Gasteiger partial charge < -0.3 is 15.0 Å². The van der Waals surface area contributed by atoms with Crippen LogP contribution in [0.25, 0.3) is 0 Å². The van der Waals surface area contributed by atoms with E-state index in [9.17, 15) is 4.79 Å². The number of carbonyl (C=O) groups excluding carboxylic acids is 1. The zero-order valence-corrected chi connectivity index (χ0v) is 16.7. The van der Waals surface area contributed by atoms with Gasteiger partial charge in [-0.1, -0.05) is 48.8 Å². The number of amides is 1. The molecule has 0 atom stereocenters. The van der Waals surface area contributed by atoms with Crippen LogP contribution < -0.4 is 5.73 Å². The quantitative estimate of drug-likeness (QED) is 0.698. The van der Waals surface area contributed by atoms with Crippen LogP contribution in [-0.2, 0) is 17.7 Å². The fraction of sp³-hybridized carbons (Fsp3) is 0.412. The van der Waals surface area contributed by atoms with Crippen molar-refractivity contribution in [1.82, 2.24) is 9.55 Å². The predicted molar refractivity (Wildman–Crippen MR) is 102 cm³/mol. The molecule has 5 nitrogen and oxygen atoms in total. The SMILES string of the molecule is CCn1c(CCOC(N)=O)nc(C(C)C)c1Sc1cc(Cl)cc(Cl)c1. The van der Waals surface area contributed by atoms with Crippen LogP contribution in [0.2, 0.25) is 10.0 Å². The summed E-state index contributed by atoms with van der Waals surface area (Å²) in [6, 6.07) is 5.47. The maximum absolute atomic E-state index is 10.8. The summed E-state index contributed by atoms with van der Waals surface area (Å²) >= 11 is 13.8. The van der Waals surface area contributed by atoms with Gasteiger partial charge in [0.1, 0.15) is 17.5 Å². The summed E-state index contributed by atoms with van der Waals surface area (Å²) in [5, 5.41) is 2.24. The Hall–Kier alpha value is -1.37. The summed E-state index contributed by atoms with van der Waals surface area (Å²) in [4.78, 5) is 16.5. The molecule has 0 fully saturated rings. The normalized spacial score (nSPS) is 11.1. The average Bonchev–Trinajstić information content (AvgIpc) is 2.83. The Bertz CT molecular complexity index is 742. The highest BCUT2D eigenvalue weighted by atomic mass is 35.5. The monoisotopic (exact) mass is 401 g/mol. The second kappa shape index (κ2) is 8.83. The van der Waals surface area contributed by atoms with E-state index in [0.717, 1.165) is 28.0 Å². The van der Waals surface area contributed by atoms with Gasteiger partial charge in [0.05, 0.1) is 5.69 Å². The molecule has 0 bridgehead atoms. The van der Waals surface area contributed by atoms with Crippen LogP contribution >= 0.6 is 35.0 Å². The Kier molecular flexibility index (Phi) is 7.04. The molecule has 0 radical (unpaired) electrons. The van der Waals surface area contributed by atoms with Gasteiger partial charge in [-0.2, -0.15) is 0 Å². The number of nitrogens with zero attached hydrogens (tertiary/aromatic N) is 2. The second-order valence-electron chi connectivity index (χ2n) is 5.74. The molecule has 0 aliphatic carbocycles. The lowest BCUT2D eigenvalue weighted by Gasteiger charge is -2.12. The largest absolute Gasteiger partial charge is 0.449 e. The molecule has 2 rings (SSSR count). The van der Waals surface area contributed by atoms with Crippen molar-refractivity contribution in [3.8, 4) is 0 Å². The van der Waals surface area contributed by atoms with Gasteiger partial charge in [0.25, 0.3) is 0 Å². The fourth-order valence-electron chi connectivity index (χ4n) is 2.45. The summed E-state index contributed by atoms with van der Waals surface area (Å²) < 4.78 is 6.97. The van der Waals surface area contributed by atoms with E-state index in [0.29, 0.717) is 16.5 Å². The standard InChI is InChI=1S/C17H21Cl2N3O2S/c1-4-22-14(5-6-24-17(20)23)21-15(10(2)3)16(22)25-13-8-11(18)7-12(19)9-13/h7-10H,4-6H2,1-3H3,(H2,20,23). The van der Waals surface area contributed by atoms with Crippen LogP contribution in [0.4, 0.5) is 4.79 Å². The van der Waals surface area contributed by atoms with E-state index >= 15 is 0 Å². The van der Waals surface area contributed by atoms with Gasteiger partial charge >= 0.3 is 6.09 Å². The maximum Gasteiger partial charge on any atom is 0.404 e. The molecule has 2 aromatic rings. The number of rotatable bonds is 7. The first kappa shape index (κ1) is 19.9. The summed E-state index contributed by atoms with van der Waals surface area (Å²) in [7, 11) is 0. The number of ether oxygens (including phenoxy) is 1. The van der Waals surface area contributed by atoms with Gasteiger partial charge in [0.15, 0.2) is 0 Å². The molecular formula is C17H21Cl2N3O2S. The minimum Gasteiger partial charge on any atom is -0.449 e. The molecule has 0 unspecified atom stereocenters. The van der Waals surface area contributed by atoms with Crippen molar-refractivity contribution in [2.45, 2.75) is 49.6 Å². The summed E-state index contributed by atoms with van der Waals surface area (Å²) in [5.74, 6) is 1.11. The predicted octanol–water partition coefficient (Wildman–Crippen LogP) is 5.12. The highest BCUT2D eigenvalue weighted by molar-refractivity contribution is 7.99. The number of hydrogen-bond acceptors (Lipinski definition) is 4. The van der Waals surface area contributed by atoms with Crippen molar-refractivity contribution in [3.63, 3.8) is 0 Å². The molecule has 1 amide bonds. The Balaban J connectivity index is 2.36. The third-order valence-electron chi connectivity index (χ3n) is 3.51. The third kappa shape index (κ3) is 5.30. The molecule has 1 aromatic heterocycles. The van der Waals surface area contributed by atoms with Crippen molar-refractivity contribution < 1.29 is 9.53 Å². The molecule has 0 aliphatic rings. The molecular weight excluding hydrogens is 381 g/mol. The van der Waals surface area contributed by atoms with Gasteiger partial charge in [-0.05, 0) is 31.0 Å². The number of benzene rings is 1. The molecule has 8 heteroatoms. The minimum absolute atomic E-state index is 0.205. The summed E-state index contributed by atoms with van der Waals surface area (Å²) in [6.45, 7) is 7.21. The second-order valence-corrected chi connectivity index (χ2v) is 7.68. The lowest BCUT2D eigenvalue weighted by atomic mass is 10.1. The fourth-order valence-corrected chi connectivity index (χ4v) is 4.43.